The van der Waals surface area contributed by atoms with E-state index in [4.69, 9.17) is 0 Å². The molecule has 0 amide bonds. The van der Waals surface area contributed by atoms with Crippen LogP contribution in [0.15, 0.2) is 58.3 Å². The van der Waals surface area contributed by atoms with Crippen molar-refractivity contribution in [3.63, 3.8) is 0 Å². The van der Waals surface area contributed by atoms with Gasteiger partial charge in [0.1, 0.15) is 20.2 Å². The molecule has 0 saturated heterocycles. The molecule has 12 heteroatoms. The number of nitrogens with one attached hydrogen (secondary N) is 2. The molecule has 2 heterocycles. The maximum Gasteiger partial charge on any atom is 1.00 e. The van der Waals surface area contributed by atoms with Gasteiger partial charge in [0.15, 0.2) is 0 Å². The minimum absolute atomic E-state index is 0. The third kappa shape index (κ3) is 3.99. The number of benzene rings is 2. The standard InChI is InChI=1S/C16H12N2O6S2.2Na/c19-25(20,21)15-9-5-1-3-7-11(9)17-13(15)14-16(26(22,23)24)10-6-2-4-8-12(10)18-14;;/h1-8,17-18H,(H,19,20,21)(H,22,23,24);;/q;2*+1/p-2. The first-order valence-electron chi connectivity index (χ1n) is 7.31. The summed E-state index contributed by atoms with van der Waals surface area (Å²) >= 11 is 0. The Kier molecular flexibility index (Phi) is 6.94. The Morgan fingerprint density at radius 3 is 1.25 bits per heavy atom. The van der Waals surface area contributed by atoms with E-state index in [9.17, 15) is 25.9 Å². The van der Waals surface area contributed by atoms with Crippen molar-refractivity contribution in [3.8, 4) is 11.4 Å². The number of hydrogen-bond donors (Lipinski definition) is 2. The van der Waals surface area contributed by atoms with Gasteiger partial charge >= 0.3 is 59.1 Å². The maximum absolute atomic E-state index is 11.9. The molecule has 0 aliphatic rings. The predicted molar refractivity (Wildman–Crippen MR) is 91.5 cm³/mol. The van der Waals surface area contributed by atoms with Gasteiger partial charge in [-0.25, -0.2) is 16.8 Å². The van der Waals surface area contributed by atoms with Crippen molar-refractivity contribution in [3.05, 3.63) is 48.5 Å². The van der Waals surface area contributed by atoms with E-state index >= 15 is 0 Å². The van der Waals surface area contributed by atoms with Gasteiger partial charge in [-0.15, -0.1) is 0 Å². The number of fused-ring (bicyclic) bond motifs is 2. The topological polar surface area (TPSA) is 146 Å². The van der Waals surface area contributed by atoms with Crippen molar-refractivity contribution in [2.24, 2.45) is 0 Å². The van der Waals surface area contributed by atoms with Crippen LogP contribution in [-0.2, 0) is 20.2 Å². The molecule has 4 aromatic rings. The van der Waals surface area contributed by atoms with Crippen LogP contribution >= 0.6 is 0 Å². The van der Waals surface area contributed by atoms with E-state index in [1.54, 1.807) is 36.4 Å². The number of aromatic amines is 2. The van der Waals surface area contributed by atoms with Crippen LogP contribution in [0, 0.1) is 0 Å². The summed E-state index contributed by atoms with van der Waals surface area (Å²) in [6.07, 6.45) is 0. The van der Waals surface area contributed by atoms with Crippen molar-refractivity contribution in [1.82, 2.24) is 9.97 Å². The molecule has 28 heavy (non-hydrogen) atoms. The van der Waals surface area contributed by atoms with Crippen molar-refractivity contribution < 1.29 is 85.1 Å². The first-order chi connectivity index (χ1) is 12.2. The Labute approximate surface area is 204 Å². The van der Waals surface area contributed by atoms with Gasteiger partial charge in [-0.1, -0.05) is 36.4 Å². The molecule has 0 saturated carbocycles. The Hall–Kier alpha value is -0.660. The van der Waals surface area contributed by atoms with Gasteiger partial charge in [0.2, 0.25) is 0 Å². The van der Waals surface area contributed by atoms with E-state index < -0.39 is 30.0 Å². The van der Waals surface area contributed by atoms with Crippen molar-refractivity contribution >= 4 is 42.0 Å². The molecule has 2 aromatic heterocycles. The summed E-state index contributed by atoms with van der Waals surface area (Å²) < 4.78 is 71.2. The number of H-pyrrole nitrogens is 2. The van der Waals surface area contributed by atoms with Crippen LogP contribution in [-0.4, -0.2) is 35.9 Å². The molecule has 0 aliphatic carbocycles. The van der Waals surface area contributed by atoms with Gasteiger partial charge in [-0.2, -0.15) is 0 Å². The average molecular weight is 436 g/mol. The van der Waals surface area contributed by atoms with E-state index in [0.29, 0.717) is 11.0 Å². The van der Waals surface area contributed by atoms with Crippen LogP contribution in [0.1, 0.15) is 0 Å². The fraction of sp³-hybridized carbons (Fsp3) is 0. The summed E-state index contributed by atoms with van der Waals surface area (Å²) in [4.78, 5) is 4.28. The van der Waals surface area contributed by atoms with Crippen LogP contribution in [0.3, 0.4) is 0 Å². The third-order valence-corrected chi connectivity index (χ3v) is 5.91. The molecular weight excluding hydrogens is 426 g/mol. The minimum atomic E-state index is -4.96. The molecule has 0 aliphatic heterocycles. The zero-order valence-electron chi connectivity index (χ0n) is 14.9. The molecular formula is C16H10N2Na2O6S2. The van der Waals surface area contributed by atoms with E-state index in [1.165, 1.54) is 12.1 Å². The SMILES string of the molecule is O=S(=O)([O-])c1c(-c2[nH]c3ccccc3c2S(=O)(=O)[O-])[nH]c2ccccc12.[Na+].[Na+]. The van der Waals surface area contributed by atoms with Crippen molar-refractivity contribution in [2.75, 3.05) is 0 Å². The van der Waals surface area contributed by atoms with E-state index in [1.807, 2.05) is 0 Å². The molecule has 134 valence electrons. The average Bonchev–Trinajstić information content (AvgIpc) is 3.12. The molecule has 2 aromatic carbocycles. The molecule has 8 nitrogen and oxygen atoms in total. The fourth-order valence-electron chi connectivity index (χ4n) is 3.10. The maximum atomic E-state index is 11.9. The smallest absolute Gasteiger partial charge is 0.744 e. The molecule has 0 bridgehead atoms. The first-order valence-corrected chi connectivity index (χ1v) is 10.1. The van der Waals surface area contributed by atoms with Crippen LogP contribution in [0.2, 0.25) is 0 Å². The second-order valence-corrected chi connectivity index (χ2v) is 8.29. The number of rotatable bonds is 3. The summed E-state index contributed by atoms with van der Waals surface area (Å²) in [5.74, 6) is 0. The van der Waals surface area contributed by atoms with Crippen LogP contribution in [0.5, 0.6) is 0 Å². The summed E-state index contributed by atoms with van der Waals surface area (Å²) in [5, 5.41) is 0.232. The monoisotopic (exact) mass is 436 g/mol. The molecule has 0 unspecified atom stereocenters. The van der Waals surface area contributed by atoms with E-state index in [0.717, 1.165) is 0 Å². The van der Waals surface area contributed by atoms with Gasteiger partial charge in [0.25, 0.3) is 0 Å². The first kappa shape index (κ1) is 23.6. The van der Waals surface area contributed by atoms with Crippen LogP contribution in [0.4, 0.5) is 0 Å². The zero-order valence-corrected chi connectivity index (χ0v) is 20.5. The predicted octanol–water partition coefficient (Wildman–Crippen LogP) is -3.87. The van der Waals surface area contributed by atoms with Gasteiger partial charge in [-0.05, 0) is 12.1 Å². The summed E-state index contributed by atoms with van der Waals surface area (Å²) in [5.41, 5.74) is 0.133. The van der Waals surface area contributed by atoms with E-state index in [2.05, 4.69) is 9.97 Å². The normalized spacial score (nSPS) is 11.9. The largest absolute Gasteiger partial charge is 1.00 e. The quantitative estimate of drug-likeness (QED) is 0.248. The summed E-state index contributed by atoms with van der Waals surface area (Å²) in [7, 11) is -9.93. The molecule has 0 fully saturated rings. The second-order valence-electron chi connectivity index (χ2n) is 5.66. The van der Waals surface area contributed by atoms with Crippen LogP contribution in [0.25, 0.3) is 33.2 Å². The molecule has 0 spiro atoms. The van der Waals surface area contributed by atoms with Gasteiger partial charge in [0.05, 0.1) is 21.2 Å². The second kappa shape index (κ2) is 8.23. The minimum Gasteiger partial charge on any atom is -0.744 e. The molecule has 0 atom stereocenters. The number of hydrogen-bond acceptors (Lipinski definition) is 6. The Morgan fingerprint density at radius 2 is 0.929 bits per heavy atom. The van der Waals surface area contributed by atoms with Gasteiger partial charge < -0.3 is 19.1 Å². The van der Waals surface area contributed by atoms with Gasteiger partial charge in [0, 0.05) is 21.8 Å². The van der Waals surface area contributed by atoms with Crippen LogP contribution < -0.4 is 59.1 Å². The molecule has 2 N–H and O–H groups in total. The fourth-order valence-corrected chi connectivity index (χ4v) is 4.80. The van der Waals surface area contributed by atoms with E-state index in [-0.39, 0.29) is 81.3 Å². The summed E-state index contributed by atoms with van der Waals surface area (Å²) in [6, 6.07) is 12.3. The van der Waals surface area contributed by atoms with Crippen molar-refractivity contribution in [1.29, 1.82) is 0 Å². The zero-order chi connectivity index (χ0) is 18.7. The third-order valence-electron chi connectivity index (χ3n) is 4.07. The van der Waals surface area contributed by atoms with Gasteiger partial charge in [-0.3, -0.25) is 0 Å². The van der Waals surface area contributed by atoms with Crippen molar-refractivity contribution in [2.45, 2.75) is 9.79 Å². The Bertz CT molecular complexity index is 1280. The summed E-state index contributed by atoms with van der Waals surface area (Å²) in [6.45, 7) is 0. The Balaban J connectivity index is 0.00000140. The molecule has 4 rings (SSSR count). The Morgan fingerprint density at radius 1 is 0.607 bits per heavy atom. The molecule has 0 radical (unpaired) electrons. The number of para-hydroxylation sites is 2. The number of aromatic nitrogens is 2.